The van der Waals surface area contributed by atoms with Crippen LogP contribution in [0.3, 0.4) is 0 Å². The number of hydrogen-bond donors (Lipinski definition) is 2. The molecule has 0 aliphatic rings. The van der Waals surface area contributed by atoms with Gasteiger partial charge in [0.1, 0.15) is 5.75 Å². The highest BCUT2D eigenvalue weighted by Crippen LogP contribution is 2.15. The molecule has 2 aromatic carbocycles. The molecular weight excluding hydrogens is 320 g/mol. The van der Waals surface area contributed by atoms with E-state index in [-0.39, 0.29) is 5.69 Å². The van der Waals surface area contributed by atoms with E-state index < -0.39 is 4.92 Å². The lowest BCUT2D eigenvalue weighted by Gasteiger charge is -2.06. The third-order valence-corrected chi connectivity index (χ3v) is 3.67. The SMILES string of the molecule is COc1ccc(NC(N)=NCCCCc2ccc([N+](=O)[O-])cc2)cc1. The first kappa shape index (κ1) is 18.3. The highest BCUT2D eigenvalue weighted by atomic mass is 16.6. The largest absolute Gasteiger partial charge is 0.497 e. The normalized spacial score (nSPS) is 11.2. The minimum Gasteiger partial charge on any atom is -0.497 e. The fourth-order valence-corrected chi connectivity index (χ4v) is 2.29. The van der Waals surface area contributed by atoms with Gasteiger partial charge in [0.2, 0.25) is 0 Å². The second-order valence-corrected chi connectivity index (χ2v) is 5.50. The van der Waals surface area contributed by atoms with Gasteiger partial charge in [0, 0.05) is 24.4 Å². The van der Waals surface area contributed by atoms with Gasteiger partial charge in [-0.15, -0.1) is 0 Å². The van der Waals surface area contributed by atoms with Crippen LogP contribution in [0.25, 0.3) is 0 Å². The van der Waals surface area contributed by atoms with Gasteiger partial charge in [-0.3, -0.25) is 15.1 Å². The predicted octanol–water partition coefficient (Wildman–Crippen LogP) is 3.35. The molecule has 2 rings (SSSR count). The number of guanidine groups is 1. The van der Waals surface area contributed by atoms with Crippen molar-refractivity contribution < 1.29 is 9.66 Å². The Morgan fingerprint density at radius 1 is 1.16 bits per heavy atom. The number of non-ortho nitro benzene ring substituents is 1. The van der Waals surface area contributed by atoms with Crippen molar-refractivity contribution in [1.82, 2.24) is 0 Å². The number of methoxy groups -OCH3 is 1. The minimum atomic E-state index is -0.392. The van der Waals surface area contributed by atoms with E-state index in [1.54, 1.807) is 19.2 Å². The first-order valence-electron chi connectivity index (χ1n) is 8.03. The number of aryl methyl sites for hydroxylation is 1. The number of anilines is 1. The number of nitrogens with zero attached hydrogens (tertiary/aromatic N) is 2. The molecule has 0 aromatic heterocycles. The number of nitrogens with two attached hydrogens (primary N) is 1. The fraction of sp³-hybridized carbons (Fsp3) is 0.278. The van der Waals surface area contributed by atoms with Gasteiger partial charge in [-0.2, -0.15) is 0 Å². The van der Waals surface area contributed by atoms with Gasteiger partial charge >= 0.3 is 0 Å². The van der Waals surface area contributed by atoms with Crippen molar-refractivity contribution in [3.05, 3.63) is 64.2 Å². The Morgan fingerprint density at radius 3 is 2.44 bits per heavy atom. The van der Waals surface area contributed by atoms with Crippen molar-refractivity contribution in [3.63, 3.8) is 0 Å². The Kier molecular flexibility index (Phi) is 6.76. The zero-order valence-corrected chi connectivity index (χ0v) is 14.1. The number of nitrogens with one attached hydrogen (secondary N) is 1. The third-order valence-electron chi connectivity index (χ3n) is 3.67. The van der Waals surface area contributed by atoms with Crippen LogP contribution in [0.2, 0.25) is 0 Å². The number of benzene rings is 2. The average molecular weight is 342 g/mol. The molecule has 25 heavy (non-hydrogen) atoms. The summed E-state index contributed by atoms with van der Waals surface area (Å²) in [6.07, 6.45) is 2.69. The van der Waals surface area contributed by atoms with E-state index in [9.17, 15) is 10.1 Å². The number of nitro benzene ring substituents is 1. The lowest BCUT2D eigenvalue weighted by molar-refractivity contribution is -0.384. The van der Waals surface area contributed by atoms with Crippen molar-refractivity contribution in [2.45, 2.75) is 19.3 Å². The first-order chi connectivity index (χ1) is 12.1. The molecule has 0 spiro atoms. The Morgan fingerprint density at radius 2 is 1.84 bits per heavy atom. The first-order valence-corrected chi connectivity index (χ1v) is 8.03. The second-order valence-electron chi connectivity index (χ2n) is 5.50. The Hall–Kier alpha value is -3.09. The van der Waals surface area contributed by atoms with Crippen LogP contribution >= 0.6 is 0 Å². The highest BCUT2D eigenvalue weighted by molar-refractivity contribution is 5.92. The lowest BCUT2D eigenvalue weighted by atomic mass is 10.1. The number of rotatable bonds is 8. The summed E-state index contributed by atoms with van der Waals surface area (Å²) in [5.74, 6) is 1.16. The summed E-state index contributed by atoms with van der Waals surface area (Å²) in [5.41, 5.74) is 7.91. The van der Waals surface area contributed by atoms with Gasteiger partial charge in [0.15, 0.2) is 5.96 Å². The molecule has 0 atom stereocenters. The second kappa shape index (κ2) is 9.27. The molecule has 0 bridgehead atoms. The Balaban J connectivity index is 1.70. The summed E-state index contributed by atoms with van der Waals surface area (Å²) in [7, 11) is 1.62. The standard InChI is InChI=1S/C18H22N4O3/c1-25-17-11-7-15(8-12-17)21-18(19)20-13-3-2-4-14-5-9-16(10-6-14)22(23)24/h5-12H,2-4,13H2,1H3,(H3,19,20,21). The maximum atomic E-state index is 10.6. The molecule has 0 saturated heterocycles. The molecule has 3 N–H and O–H groups in total. The topological polar surface area (TPSA) is 103 Å². The van der Waals surface area contributed by atoms with Crippen LogP contribution in [0.15, 0.2) is 53.5 Å². The molecule has 0 saturated carbocycles. The summed E-state index contributed by atoms with van der Waals surface area (Å²) in [5, 5.41) is 13.6. The summed E-state index contributed by atoms with van der Waals surface area (Å²) < 4.78 is 5.10. The number of unbranched alkanes of at least 4 members (excludes halogenated alkanes) is 1. The summed E-state index contributed by atoms with van der Waals surface area (Å²) >= 11 is 0. The molecule has 0 fully saturated rings. The van der Waals surface area contributed by atoms with Crippen LogP contribution in [0.1, 0.15) is 18.4 Å². The molecule has 0 amide bonds. The average Bonchev–Trinajstić information content (AvgIpc) is 2.62. The number of hydrogen-bond acceptors (Lipinski definition) is 4. The zero-order valence-electron chi connectivity index (χ0n) is 14.1. The van der Waals surface area contributed by atoms with Crippen LogP contribution in [-0.4, -0.2) is 24.5 Å². The van der Waals surface area contributed by atoms with Gasteiger partial charge < -0.3 is 15.8 Å². The van der Waals surface area contributed by atoms with Crippen molar-refractivity contribution in [1.29, 1.82) is 0 Å². The van der Waals surface area contributed by atoms with Crippen LogP contribution in [-0.2, 0) is 6.42 Å². The van der Waals surface area contributed by atoms with Crippen molar-refractivity contribution in [2.75, 3.05) is 19.0 Å². The third kappa shape index (κ3) is 6.14. The molecule has 132 valence electrons. The van der Waals surface area contributed by atoms with E-state index in [1.165, 1.54) is 12.1 Å². The van der Waals surface area contributed by atoms with E-state index in [2.05, 4.69) is 10.3 Å². The predicted molar refractivity (Wildman–Crippen MR) is 99.1 cm³/mol. The van der Waals surface area contributed by atoms with Gasteiger partial charge in [-0.25, -0.2) is 0 Å². The van der Waals surface area contributed by atoms with E-state index in [0.29, 0.717) is 12.5 Å². The minimum absolute atomic E-state index is 0.116. The van der Waals surface area contributed by atoms with Gasteiger partial charge in [-0.1, -0.05) is 12.1 Å². The van der Waals surface area contributed by atoms with E-state index in [0.717, 1.165) is 36.3 Å². The van der Waals surface area contributed by atoms with Crippen LogP contribution in [0.5, 0.6) is 5.75 Å². The molecule has 0 unspecified atom stereocenters. The Bertz CT molecular complexity index is 712. The molecular formula is C18H22N4O3. The van der Waals surface area contributed by atoms with Gasteiger partial charge in [0.05, 0.1) is 12.0 Å². The Labute approximate surface area is 146 Å². The highest BCUT2D eigenvalue weighted by Gasteiger charge is 2.03. The molecule has 0 radical (unpaired) electrons. The van der Waals surface area contributed by atoms with Crippen LogP contribution in [0.4, 0.5) is 11.4 Å². The molecule has 7 heteroatoms. The van der Waals surface area contributed by atoms with Gasteiger partial charge in [-0.05, 0) is 49.1 Å². The number of aliphatic imine (C=N–C) groups is 1. The number of ether oxygens (including phenoxy) is 1. The quantitative estimate of drug-likeness (QED) is 0.252. The van der Waals surface area contributed by atoms with E-state index >= 15 is 0 Å². The zero-order chi connectivity index (χ0) is 18.1. The summed E-state index contributed by atoms with van der Waals surface area (Å²) in [4.78, 5) is 14.5. The lowest BCUT2D eigenvalue weighted by Crippen LogP contribution is -2.22. The molecule has 0 aliphatic heterocycles. The summed E-state index contributed by atoms with van der Waals surface area (Å²) in [6.45, 7) is 0.627. The smallest absolute Gasteiger partial charge is 0.269 e. The molecule has 2 aromatic rings. The van der Waals surface area contributed by atoms with Crippen LogP contribution in [0, 0.1) is 10.1 Å². The maximum Gasteiger partial charge on any atom is 0.269 e. The summed E-state index contributed by atoms with van der Waals surface area (Å²) in [6, 6.07) is 14.1. The number of nitro groups is 1. The van der Waals surface area contributed by atoms with E-state index in [1.807, 2.05) is 24.3 Å². The van der Waals surface area contributed by atoms with Crippen molar-refractivity contribution in [2.24, 2.45) is 10.7 Å². The molecule has 0 aliphatic carbocycles. The maximum absolute atomic E-state index is 10.6. The van der Waals surface area contributed by atoms with Crippen molar-refractivity contribution in [3.8, 4) is 5.75 Å². The fourth-order valence-electron chi connectivity index (χ4n) is 2.29. The van der Waals surface area contributed by atoms with E-state index in [4.69, 9.17) is 10.5 Å². The molecule has 7 nitrogen and oxygen atoms in total. The monoisotopic (exact) mass is 342 g/mol. The van der Waals surface area contributed by atoms with Crippen LogP contribution < -0.4 is 15.8 Å². The molecule has 0 heterocycles. The van der Waals surface area contributed by atoms with Gasteiger partial charge in [0.25, 0.3) is 5.69 Å². The van der Waals surface area contributed by atoms with Crippen molar-refractivity contribution >= 4 is 17.3 Å².